The first kappa shape index (κ1) is 20.4. The number of methoxy groups -OCH3 is 1. The number of rotatable bonds is 3. The molecule has 1 aliphatic rings. The standard InChI is InChI=1S/C25H21ClFN3O2/c1-32-17-9-6-15(7-10-17)24-23-18(19-14-16(26)8-11-21(19)28-23)12-13-30(24)25(31)29-22-5-3-2-4-20(22)27/h2-11,14,24,28H,12-13H2,1H3,(H,29,31). The van der Waals surface area contributed by atoms with Gasteiger partial charge in [0.1, 0.15) is 11.6 Å². The van der Waals surface area contributed by atoms with Gasteiger partial charge in [-0.25, -0.2) is 9.18 Å². The number of carbonyl (C=O) groups excluding carboxylic acids is 1. The van der Waals surface area contributed by atoms with E-state index in [1.165, 1.54) is 6.07 Å². The summed E-state index contributed by atoms with van der Waals surface area (Å²) in [4.78, 5) is 18.5. The largest absolute Gasteiger partial charge is 0.497 e. The molecule has 2 amide bonds. The Hall–Kier alpha value is -3.51. The number of H-pyrrole nitrogens is 1. The summed E-state index contributed by atoms with van der Waals surface area (Å²) in [6.07, 6.45) is 0.660. The Bertz CT molecular complexity index is 1300. The van der Waals surface area contributed by atoms with Crippen LogP contribution in [0.15, 0.2) is 66.7 Å². The third kappa shape index (κ3) is 3.56. The van der Waals surface area contributed by atoms with Gasteiger partial charge in [-0.3, -0.25) is 0 Å². The second-order valence-electron chi connectivity index (χ2n) is 7.74. The first-order chi connectivity index (χ1) is 15.5. The summed E-state index contributed by atoms with van der Waals surface area (Å²) in [5, 5.41) is 4.45. The third-order valence-electron chi connectivity index (χ3n) is 5.90. The van der Waals surface area contributed by atoms with Gasteiger partial charge in [-0.15, -0.1) is 0 Å². The minimum Gasteiger partial charge on any atom is -0.497 e. The molecule has 0 aliphatic carbocycles. The van der Waals surface area contributed by atoms with Crippen molar-refractivity contribution in [3.05, 3.63) is 94.4 Å². The molecular formula is C25H21ClFN3O2. The SMILES string of the molecule is COc1ccc(C2c3[nH]c4ccc(Cl)cc4c3CCN2C(=O)Nc2ccccc2F)cc1. The lowest BCUT2D eigenvalue weighted by Crippen LogP contribution is -2.43. The zero-order valence-corrected chi connectivity index (χ0v) is 18.1. The molecule has 1 aromatic heterocycles. The van der Waals surface area contributed by atoms with Gasteiger partial charge in [-0.2, -0.15) is 0 Å². The average Bonchev–Trinajstić information content (AvgIpc) is 3.18. The summed E-state index contributed by atoms with van der Waals surface area (Å²) in [5.41, 5.74) is 4.11. The van der Waals surface area contributed by atoms with E-state index in [-0.39, 0.29) is 17.8 Å². The molecule has 1 atom stereocenters. The van der Waals surface area contributed by atoms with Gasteiger partial charge >= 0.3 is 6.03 Å². The molecule has 0 saturated carbocycles. The van der Waals surface area contributed by atoms with E-state index in [1.54, 1.807) is 30.2 Å². The van der Waals surface area contributed by atoms with Crippen molar-refractivity contribution in [2.75, 3.05) is 19.0 Å². The second-order valence-corrected chi connectivity index (χ2v) is 8.17. The molecule has 162 valence electrons. The summed E-state index contributed by atoms with van der Waals surface area (Å²) in [6.45, 7) is 0.476. The molecule has 0 fully saturated rings. The Labute approximate surface area is 189 Å². The fourth-order valence-corrected chi connectivity index (χ4v) is 4.53. The minimum atomic E-state index is -0.472. The van der Waals surface area contributed by atoms with Crippen molar-refractivity contribution in [1.82, 2.24) is 9.88 Å². The molecule has 4 aromatic rings. The first-order valence-corrected chi connectivity index (χ1v) is 10.7. The van der Waals surface area contributed by atoms with Crippen LogP contribution in [0.5, 0.6) is 5.75 Å². The normalized spacial score (nSPS) is 15.5. The quantitative estimate of drug-likeness (QED) is 0.394. The summed E-state index contributed by atoms with van der Waals surface area (Å²) >= 11 is 6.25. The molecule has 0 bridgehead atoms. The number of urea groups is 1. The lowest BCUT2D eigenvalue weighted by atomic mass is 9.92. The maximum Gasteiger partial charge on any atom is 0.322 e. The number of anilines is 1. The fourth-order valence-electron chi connectivity index (χ4n) is 4.36. The highest BCUT2D eigenvalue weighted by molar-refractivity contribution is 6.31. The molecule has 1 unspecified atom stereocenters. The lowest BCUT2D eigenvalue weighted by molar-refractivity contribution is 0.193. The number of aromatic amines is 1. The number of ether oxygens (including phenoxy) is 1. The third-order valence-corrected chi connectivity index (χ3v) is 6.13. The summed E-state index contributed by atoms with van der Waals surface area (Å²) in [6, 6.07) is 18.8. The van der Waals surface area contributed by atoms with Gasteiger partial charge in [-0.1, -0.05) is 35.9 Å². The molecular weight excluding hydrogens is 429 g/mol. The van der Waals surface area contributed by atoms with E-state index in [0.717, 1.165) is 33.5 Å². The molecule has 32 heavy (non-hydrogen) atoms. The smallest absolute Gasteiger partial charge is 0.322 e. The van der Waals surface area contributed by atoms with Crippen LogP contribution in [-0.2, 0) is 6.42 Å². The van der Waals surface area contributed by atoms with Crippen LogP contribution in [-0.4, -0.2) is 29.6 Å². The number of hydrogen-bond donors (Lipinski definition) is 2. The predicted molar refractivity (Wildman–Crippen MR) is 124 cm³/mol. The van der Waals surface area contributed by atoms with E-state index in [0.29, 0.717) is 18.0 Å². The maximum absolute atomic E-state index is 14.2. The average molecular weight is 450 g/mol. The summed E-state index contributed by atoms with van der Waals surface area (Å²) < 4.78 is 19.5. The van der Waals surface area contributed by atoms with Crippen LogP contribution in [0.2, 0.25) is 5.02 Å². The van der Waals surface area contributed by atoms with Crippen molar-refractivity contribution in [1.29, 1.82) is 0 Å². The van der Waals surface area contributed by atoms with Gasteiger partial charge in [0.05, 0.1) is 18.8 Å². The molecule has 2 heterocycles. The molecule has 2 N–H and O–H groups in total. The maximum atomic E-state index is 14.2. The number of hydrogen-bond acceptors (Lipinski definition) is 2. The van der Waals surface area contributed by atoms with Crippen molar-refractivity contribution in [2.45, 2.75) is 12.5 Å². The second kappa shape index (κ2) is 8.20. The van der Waals surface area contributed by atoms with Gasteiger partial charge < -0.3 is 19.9 Å². The number of nitrogens with one attached hydrogen (secondary N) is 2. The number of nitrogens with zero attached hydrogens (tertiary/aromatic N) is 1. The molecule has 5 nitrogen and oxygen atoms in total. The van der Waals surface area contributed by atoms with Gasteiger partial charge in [0.25, 0.3) is 0 Å². The van der Waals surface area contributed by atoms with E-state index in [9.17, 15) is 9.18 Å². The lowest BCUT2D eigenvalue weighted by Gasteiger charge is -2.36. The van der Waals surface area contributed by atoms with Crippen molar-refractivity contribution in [2.24, 2.45) is 0 Å². The molecule has 0 saturated heterocycles. The number of benzene rings is 3. The topological polar surface area (TPSA) is 57.4 Å². The van der Waals surface area contributed by atoms with E-state index in [1.807, 2.05) is 42.5 Å². The number of fused-ring (bicyclic) bond motifs is 3. The Morgan fingerprint density at radius 3 is 2.69 bits per heavy atom. The van der Waals surface area contributed by atoms with E-state index in [4.69, 9.17) is 16.3 Å². The van der Waals surface area contributed by atoms with Gasteiger partial charge in [0.2, 0.25) is 0 Å². The summed E-state index contributed by atoms with van der Waals surface area (Å²) in [5.74, 6) is 0.260. The van der Waals surface area contributed by atoms with Crippen molar-refractivity contribution in [3.63, 3.8) is 0 Å². The van der Waals surface area contributed by atoms with Crippen molar-refractivity contribution in [3.8, 4) is 5.75 Å². The van der Waals surface area contributed by atoms with Crippen LogP contribution in [0.4, 0.5) is 14.9 Å². The highest BCUT2D eigenvalue weighted by atomic mass is 35.5. The van der Waals surface area contributed by atoms with Crippen LogP contribution in [0, 0.1) is 5.82 Å². The Morgan fingerprint density at radius 2 is 1.94 bits per heavy atom. The molecule has 0 radical (unpaired) electrons. The molecule has 0 spiro atoms. The minimum absolute atomic E-state index is 0.153. The highest BCUT2D eigenvalue weighted by Crippen LogP contribution is 2.39. The Morgan fingerprint density at radius 1 is 1.16 bits per heavy atom. The van der Waals surface area contributed by atoms with Crippen LogP contribution < -0.4 is 10.1 Å². The van der Waals surface area contributed by atoms with E-state index >= 15 is 0 Å². The number of aromatic nitrogens is 1. The molecule has 7 heteroatoms. The zero-order chi connectivity index (χ0) is 22.2. The monoisotopic (exact) mass is 449 g/mol. The molecule has 5 rings (SSSR count). The zero-order valence-electron chi connectivity index (χ0n) is 17.4. The first-order valence-electron chi connectivity index (χ1n) is 10.3. The highest BCUT2D eigenvalue weighted by Gasteiger charge is 2.35. The number of amides is 2. The van der Waals surface area contributed by atoms with E-state index < -0.39 is 5.82 Å². The Balaban J connectivity index is 1.59. The Kier molecular flexibility index (Phi) is 5.23. The predicted octanol–water partition coefficient (Wildman–Crippen LogP) is 6.15. The molecule has 3 aromatic carbocycles. The van der Waals surface area contributed by atoms with Crippen LogP contribution >= 0.6 is 11.6 Å². The van der Waals surface area contributed by atoms with Crippen LogP contribution in [0.1, 0.15) is 22.9 Å². The number of halogens is 2. The number of para-hydroxylation sites is 1. The van der Waals surface area contributed by atoms with Crippen LogP contribution in [0.3, 0.4) is 0 Å². The number of carbonyl (C=O) groups is 1. The molecule has 1 aliphatic heterocycles. The fraction of sp³-hybridized carbons (Fsp3) is 0.160. The van der Waals surface area contributed by atoms with Crippen molar-refractivity contribution < 1.29 is 13.9 Å². The van der Waals surface area contributed by atoms with E-state index in [2.05, 4.69) is 10.3 Å². The van der Waals surface area contributed by atoms with Gasteiger partial charge in [0.15, 0.2) is 0 Å². The van der Waals surface area contributed by atoms with Crippen LogP contribution in [0.25, 0.3) is 10.9 Å². The van der Waals surface area contributed by atoms with Crippen molar-refractivity contribution >= 4 is 34.2 Å². The van der Waals surface area contributed by atoms with Gasteiger partial charge in [0, 0.05) is 28.2 Å². The van der Waals surface area contributed by atoms with Gasteiger partial charge in [-0.05, 0) is 60.0 Å². The summed E-state index contributed by atoms with van der Waals surface area (Å²) in [7, 11) is 1.61.